The molecule has 10 aromatic rings. The average molecular weight is 1020 g/mol. The molecule has 3 heterocycles. The maximum absolute atomic E-state index is 14.3. The number of fused-ring (bicyclic) bond motifs is 6. The highest BCUT2D eigenvalue weighted by Crippen LogP contribution is 2.48. The second kappa shape index (κ2) is 18.3. The van der Waals surface area contributed by atoms with Crippen molar-refractivity contribution in [2.45, 2.75) is 107 Å². The quantitative estimate of drug-likeness (QED) is 0.167. The topological polar surface area (TPSA) is 48.5 Å². The molecule has 7 aromatic carbocycles. The zero-order valence-corrected chi connectivity index (χ0v) is 46.6. The van der Waals surface area contributed by atoms with Crippen LogP contribution in [-0.2, 0) is 17.0 Å². The summed E-state index contributed by atoms with van der Waals surface area (Å²) >= 11 is 0. The summed E-state index contributed by atoms with van der Waals surface area (Å²) in [7, 11) is 0. The molecule has 0 N–H and O–H groups in total. The van der Waals surface area contributed by atoms with Gasteiger partial charge in [0.25, 0.3) is 0 Å². The van der Waals surface area contributed by atoms with Gasteiger partial charge >= 0.3 is 6.18 Å². The molecule has 1 aliphatic carbocycles. The third kappa shape index (κ3) is 9.27. The molecule has 1 aliphatic rings. The van der Waals surface area contributed by atoms with Gasteiger partial charge in [-0.05, 0) is 122 Å². The van der Waals surface area contributed by atoms with Crippen molar-refractivity contribution in [3.8, 4) is 45.3 Å². The first-order chi connectivity index (χ1) is 36.3. The number of hydrogen-bond donors (Lipinski definition) is 0. The predicted molar refractivity (Wildman–Crippen MR) is 315 cm³/mol. The Bertz CT molecular complexity index is 3950. The highest BCUT2D eigenvalue weighted by molar-refractivity contribution is 6.11. The zero-order valence-electron chi connectivity index (χ0n) is 46.6. The molecule has 0 aliphatic heterocycles. The Hall–Kier alpha value is -7.58. The van der Waals surface area contributed by atoms with Crippen molar-refractivity contribution >= 4 is 49.2 Å². The first-order valence-electron chi connectivity index (χ1n) is 27.0. The van der Waals surface area contributed by atoms with Gasteiger partial charge in [0.05, 0.1) is 39.0 Å². The number of hydrogen-bond acceptors (Lipinski definition) is 3. The van der Waals surface area contributed by atoms with E-state index in [1.807, 2.05) is 36.4 Å². The molecule has 0 radical (unpaired) electrons. The zero-order chi connectivity index (χ0) is 54.7. The number of para-hydroxylation sites is 4. The number of allylic oxidation sites excluding steroid dienone is 4. The second-order valence-electron chi connectivity index (χ2n) is 25.5. The molecule has 0 fully saturated rings. The standard InChI is InChI=1S/C69H68F3N5/c1-41-52(39-47(67(8,9)10)40-55(41)68(11,12)13)63-73-62(43-34-45(65(2,3)4)37-46(35-43)66(5,6)7)74-64(75-63)54-36-42(30-32-61(54)77-57-27-19-15-23-49(57)50-24-16-20-28-58(50)77)48-22-14-18-26-56(48)76-59-29-21-17-25-51(59)53-38-44(69(70,71)72)31-33-60(53)76/h14-41,55H,1-13H3. The van der Waals surface area contributed by atoms with Gasteiger partial charge in [-0.3, -0.25) is 0 Å². The van der Waals surface area contributed by atoms with Crippen LogP contribution in [0, 0.1) is 22.7 Å². The minimum atomic E-state index is -4.49. The smallest absolute Gasteiger partial charge is 0.309 e. The summed E-state index contributed by atoms with van der Waals surface area (Å²) in [6, 6.07) is 50.4. The minimum Gasteiger partial charge on any atom is -0.309 e. The fourth-order valence-corrected chi connectivity index (χ4v) is 11.6. The summed E-state index contributed by atoms with van der Waals surface area (Å²) in [6.07, 6.45) is 0.327. The van der Waals surface area contributed by atoms with Crippen molar-refractivity contribution in [3.63, 3.8) is 0 Å². The van der Waals surface area contributed by atoms with Gasteiger partial charge in [-0.15, -0.1) is 0 Å². The predicted octanol–water partition coefficient (Wildman–Crippen LogP) is 19.3. The summed E-state index contributed by atoms with van der Waals surface area (Å²) in [5, 5.41) is 3.54. The van der Waals surface area contributed by atoms with Gasteiger partial charge in [0.1, 0.15) is 0 Å². The van der Waals surface area contributed by atoms with Gasteiger partial charge in [0.15, 0.2) is 17.5 Å². The molecule has 0 amide bonds. The molecule has 0 saturated heterocycles. The first-order valence-corrected chi connectivity index (χ1v) is 27.0. The lowest BCUT2D eigenvalue weighted by molar-refractivity contribution is -0.137. The minimum absolute atomic E-state index is 0.0564. The second-order valence-corrected chi connectivity index (χ2v) is 25.5. The maximum Gasteiger partial charge on any atom is 0.416 e. The third-order valence-corrected chi connectivity index (χ3v) is 15.9. The monoisotopic (exact) mass is 1020 g/mol. The number of benzene rings is 7. The molecular weight excluding hydrogens is 956 g/mol. The van der Waals surface area contributed by atoms with Crippen LogP contribution in [-0.4, -0.2) is 24.1 Å². The van der Waals surface area contributed by atoms with Crippen LogP contribution < -0.4 is 0 Å². The number of halogens is 3. The fourth-order valence-electron chi connectivity index (χ4n) is 11.6. The number of nitrogens with zero attached hydrogens (tertiary/aromatic N) is 5. The maximum atomic E-state index is 14.3. The van der Waals surface area contributed by atoms with Crippen LogP contribution in [0.2, 0.25) is 0 Å². The fraction of sp³-hybridized carbons (Fsp3) is 0.290. The van der Waals surface area contributed by atoms with Crippen molar-refractivity contribution < 1.29 is 13.2 Å². The molecule has 0 saturated carbocycles. The van der Waals surface area contributed by atoms with Crippen LogP contribution in [0.1, 0.15) is 113 Å². The highest BCUT2D eigenvalue weighted by atomic mass is 19.4. The van der Waals surface area contributed by atoms with Crippen molar-refractivity contribution in [2.75, 3.05) is 0 Å². The van der Waals surface area contributed by atoms with Crippen molar-refractivity contribution in [1.29, 1.82) is 0 Å². The van der Waals surface area contributed by atoms with Crippen LogP contribution in [0.5, 0.6) is 0 Å². The lowest BCUT2D eigenvalue weighted by atomic mass is 9.65. The lowest BCUT2D eigenvalue weighted by Gasteiger charge is -2.39. The molecule has 390 valence electrons. The number of alkyl halides is 3. The Kier molecular flexibility index (Phi) is 12.2. The van der Waals surface area contributed by atoms with E-state index in [4.69, 9.17) is 15.0 Å². The van der Waals surface area contributed by atoms with Gasteiger partial charge in [0.2, 0.25) is 0 Å². The van der Waals surface area contributed by atoms with Gasteiger partial charge in [0, 0.05) is 43.8 Å². The highest BCUT2D eigenvalue weighted by Gasteiger charge is 2.37. The Morgan fingerprint density at radius 2 is 0.909 bits per heavy atom. The summed E-state index contributed by atoms with van der Waals surface area (Å²) < 4.78 is 47.4. The molecule has 0 spiro atoms. The normalized spacial score (nSPS) is 15.9. The summed E-state index contributed by atoms with van der Waals surface area (Å²) in [5.41, 5.74) is 12.3. The Morgan fingerprint density at radius 3 is 1.45 bits per heavy atom. The molecule has 2 unspecified atom stereocenters. The molecular formula is C69H68F3N5. The van der Waals surface area contributed by atoms with Crippen LogP contribution in [0.3, 0.4) is 0 Å². The summed E-state index contributed by atoms with van der Waals surface area (Å²) in [6.45, 7) is 29.7. The van der Waals surface area contributed by atoms with Crippen molar-refractivity contribution in [1.82, 2.24) is 24.1 Å². The molecule has 11 rings (SSSR count). The molecule has 2 atom stereocenters. The Balaban J connectivity index is 1.24. The van der Waals surface area contributed by atoms with E-state index in [1.165, 1.54) is 28.8 Å². The van der Waals surface area contributed by atoms with Crippen LogP contribution >= 0.6 is 0 Å². The van der Waals surface area contributed by atoms with Crippen LogP contribution in [0.25, 0.3) is 94.5 Å². The van der Waals surface area contributed by atoms with Gasteiger partial charge in [-0.25, -0.2) is 15.0 Å². The SMILES string of the molecule is CC1C(c2nc(-c3cc(C(C)(C)C)cc(C(C)(C)C)c3)nc(-c3cc(-c4ccccc4-n4c5ccccc5c5cc(C(F)(F)F)ccc54)ccc3-n3c4ccccc4c4ccccc43)n2)=CC(C(C)(C)C)=CC1C(C)(C)C. The van der Waals surface area contributed by atoms with E-state index < -0.39 is 11.7 Å². The molecule has 77 heavy (non-hydrogen) atoms. The van der Waals surface area contributed by atoms with Crippen LogP contribution in [0.15, 0.2) is 169 Å². The lowest BCUT2D eigenvalue weighted by Crippen LogP contribution is -2.30. The van der Waals surface area contributed by atoms with Crippen molar-refractivity contribution in [2.24, 2.45) is 22.7 Å². The molecule has 8 heteroatoms. The Labute approximate surface area is 451 Å². The van der Waals surface area contributed by atoms with E-state index in [-0.39, 0.29) is 33.5 Å². The first kappa shape index (κ1) is 51.5. The van der Waals surface area contributed by atoms with E-state index in [1.54, 1.807) is 6.07 Å². The van der Waals surface area contributed by atoms with E-state index in [2.05, 4.69) is 208 Å². The summed E-state index contributed by atoms with van der Waals surface area (Å²) in [4.78, 5) is 16.9. The number of rotatable bonds is 6. The van der Waals surface area contributed by atoms with Gasteiger partial charge < -0.3 is 9.13 Å². The van der Waals surface area contributed by atoms with Gasteiger partial charge in [-0.1, -0.05) is 187 Å². The molecule has 3 aromatic heterocycles. The Morgan fingerprint density at radius 1 is 0.416 bits per heavy atom. The van der Waals surface area contributed by atoms with Crippen LogP contribution in [0.4, 0.5) is 13.2 Å². The molecule has 5 nitrogen and oxygen atoms in total. The van der Waals surface area contributed by atoms with E-state index in [0.717, 1.165) is 71.9 Å². The van der Waals surface area contributed by atoms with Crippen molar-refractivity contribution in [3.05, 3.63) is 192 Å². The largest absolute Gasteiger partial charge is 0.416 e. The van der Waals surface area contributed by atoms with Gasteiger partial charge in [-0.2, -0.15) is 13.2 Å². The van der Waals surface area contributed by atoms with E-state index >= 15 is 0 Å². The van der Waals surface area contributed by atoms with E-state index in [9.17, 15) is 13.2 Å². The number of aromatic nitrogens is 5. The van der Waals surface area contributed by atoms with E-state index in [0.29, 0.717) is 28.4 Å². The average Bonchev–Trinajstić information content (AvgIpc) is 3.96. The summed E-state index contributed by atoms with van der Waals surface area (Å²) in [5.74, 6) is 2.04. The third-order valence-electron chi connectivity index (χ3n) is 15.9. The molecule has 0 bridgehead atoms.